The summed E-state index contributed by atoms with van der Waals surface area (Å²) in [6, 6.07) is 6.53. The van der Waals surface area contributed by atoms with Crippen molar-refractivity contribution in [1.82, 2.24) is 0 Å². The quantitative estimate of drug-likeness (QED) is 0.835. The lowest BCUT2D eigenvalue weighted by molar-refractivity contribution is 0.616. The second kappa shape index (κ2) is 5.57. The molecule has 0 aliphatic rings. The molecule has 0 spiro atoms. The van der Waals surface area contributed by atoms with Crippen LogP contribution in [0.3, 0.4) is 0 Å². The highest BCUT2D eigenvalue weighted by Crippen LogP contribution is 2.32. The number of hydrogen-bond donors (Lipinski definition) is 1. The van der Waals surface area contributed by atoms with E-state index in [1.165, 1.54) is 18.2 Å². The molecule has 19 heavy (non-hydrogen) atoms. The highest BCUT2D eigenvalue weighted by atomic mass is 79.9. The van der Waals surface area contributed by atoms with Gasteiger partial charge in [-0.1, -0.05) is 33.6 Å². The Morgan fingerprint density at radius 2 is 1.84 bits per heavy atom. The SMILES string of the molecule is Cc1cc(C(N)c2ccc(F)cc2Br)c(Cl)cc1F. The highest BCUT2D eigenvalue weighted by molar-refractivity contribution is 9.10. The monoisotopic (exact) mass is 345 g/mol. The minimum Gasteiger partial charge on any atom is -0.320 e. The number of halogens is 4. The van der Waals surface area contributed by atoms with E-state index in [1.54, 1.807) is 19.1 Å². The zero-order valence-corrected chi connectivity index (χ0v) is 12.4. The second-order valence-electron chi connectivity index (χ2n) is 4.27. The molecule has 0 amide bonds. The summed E-state index contributed by atoms with van der Waals surface area (Å²) in [4.78, 5) is 0. The Morgan fingerprint density at radius 3 is 2.47 bits per heavy atom. The number of aryl methyl sites for hydroxylation is 1. The predicted molar refractivity (Wildman–Crippen MR) is 76.3 cm³/mol. The van der Waals surface area contributed by atoms with Gasteiger partial charge in [0.05, 0.1) is 6.04 Å². The first kappa shape index (κ1) is 14.4. The molecule has 2 aromatic carbocycles. The molecule has 0 radical (unpaired) electrons. The van der Waals surface area contributed by atoms with Gasteiger partial charge in [0.1, 0.15) is 11.6 Å². The van der Waals surface area contributed by atoms with Crippen LogP contribution in [0.4, 0.5) is 8.78 Å². The van der Waals surface area contributed by atoms with E-state index in [9.17, 15) is 8.78 Å². The fourth-order valence-electron chi connectivity index (χ4n) is 1.84. The maximum Gasteiger partial charge on any atom is 0.127 e. The average Bonchev–Trinajstić information content (AvgIpc) is 2.33. The van der Waals surface area contributed by atoms with Crippen molar-refractivity contribution in [1.29, 1.82) is 0 Å². The van der Waals surface area contributed by atoms with Crippen molar-refractivity contribution in [2.45, 2.75) is 13.0 Å². The summed E-state index contributed by atoms with van der Waals surface area (Å²) < 4.78 is 27.0. The van der Waals surface area contributed by atoms with Crippen LogP contribution in [-0.4, -0.2) is 0 Å². The van der Waals surface area contributed by atoms with Crippen LogP contribution < -0.4 is 5.73 Å². The zero-order chi connectivity index (χ0) is 14.2. The summed E-state index contributed by atoms with van der Waals surface area (Å²) >= 11 is 9.29. The van der Waals surface area contributed by atoms with Crippen molar-refractivity contribution in [2.75, 3.05) is 0 Å². The lowest BCUT2D eigenvalue weighted by Gasteiger charge is -2.17. The minimum atomic E-state index is -0.554. The third-order valence-corrected chi connectivity index (χ3v) is 3.92. The van der Waals surface area contributed by atoms with E-state index in [0.29, 0.717) is 21.2 Å². The Labute approximate surface area is 123 Å². The van der Waals surface area contributed by atoms with Gasteiger partial charge in [0.15, 0.2) is 0 Å². The molecule has 1 atom stereocenters. The van der Waals surface area contributed by atoms with Gasteiger partial charge < -0.3 is 5.73 Å². The standard InChI is InChI=1S/C14H11BrClF2N/c1-7-4-10(12(16)6-13(7)18)14(19)9-3-2-8(17)5-11(9)15/h2-6,14H,19H2,1H3. The summed E-state index contributed by atoms with van der Waals surface area (Å²) in [5.74, 6) is -0.733. The van der Waals surface area contributed by atoms with Crippen LogP contribution in [0.1, 0.15) is 22.7 Å². The molecule has 0 aromatic heterocycles. The number of nitrogens with two attached hydrogens (primary N) is 1. The molecule has 1 nitrogen and oxygen atoms in total. The fourth-order valence-corrected chi connectivity index (χ4v) is 2.70. The zero-order valence-electron chi connectivity index (χ0n) is 10.1. The molecule has 5 heteroatoms. The molecule has 100 valence electrons. The smallest absolute Gasteiger partial charge is 0.127 e. The molecule has 2 N–H and O–H groups in total. The first-order valence-electron chi connectivity index (χ1n) is 5.56. The maximum atomic E-state index is 13.4. The van der Waals surface area contributed by atoms with Crippen molar-refractivity contribution < 1.29 is 8.78 Å². The Morgan fingerprint density at radius 1 is 1.16 bits per heavy atom. The normalized spacial score (nSPS) is 12.5. The molecular weight excluding hydrogens is 336 g/mol. The van der Waals surface area contributed by atoms with Crippen LogP contribution in [0.25, 0.3) is 0 Å². The van der Waals surface area contributed by atoms with Crippen LogP contribution in [0.5, 0.6) is 0 Å². The Balaban J connectivity index is 2.49. The molecule has 0 fully saturated rings. The molecule has 2 aromatic rings. The third-order valence-electron chi connectivity index (χ3n) is 2.91. The van der Waals surface area contributed by atoms with Crippen LogP contribution >= 0.6 is 27.5 Å². The average molecular weight is 347 g/mol. The molecule has 0 aliphatic heterocycles. The molecule has 0 bridgehead atoms. The van der Waals surface area contributed by atoms with Gasteiger partial charge in [-0.05, 0) is 47.9 Å². The summed E-state index contributed by atoms with van der Waals surface area (Å²) in [6.07, 6.45) is 0. The Hall–Kier alpha value is -0.970. The first-order valence-corrected chi connectivity index (χ1v) is 6.73. The number of hydrogen-bond acceptors (Lipinski definition) is 1. The van der Waals surface area contributed by atoms with Gasteiger partial charge in [-0.2, -0.15) is 0 Å². The van der Waals surface area contributed by atoms with Gasteiger partial charge in [-0.3, -0.25) is 0 Å². The van der Waals surface area contributed by atoms with Crippen molar-refractivity contribution >= 4 is 27.5 Å². The number of rotatable bonds is 2. The van der Waals surface area contributed by atoms with Gasteiger partial charge in [0, 0.05) is 9.50 Å². The lowest BCUT2D eigenvalue weighted by atomic mass is 9.98. The topological polar surface area (TPSA) is 26.0 Å². The Kier molecular flexibility index (Phi) is 4.23. The minimum absolute atomic E-state index is 0.256. The summed E-state index contributed by atoms with van der Waals surface area (Å²) in [5.41, 5.74) is 7.89. The summed E-state index contributed by atoms with van der Waals surface area (Å²) in [5, 5.41) is 0.256. The predicted octanol–water partition coefficient (Wildman–Crippen LogP) is 4.74. The molecule has 0 aliphatic carbocycles. The van der Waals surface area contributed by atoms with Gasteiger partial charge in [-0.15, -0.1) is 0 Å². The van der Waals surface area contributed by atoms with E-state index in [1.807, 2.05) is 0 Å². The van der Waals surface area contributed by atoms with Gasteiger partial charge in [-0.25, -0.2) is 8.78 Å². The van der Waals surface area contributed by atoms with E-state index < -0.39 is 6.04 Å². The molecule has 0 saturated heterocycles. The highest BCUT2D eigenvalue weighted by Gasteiger charge is 2.17. The van der Waals surface area contributed by atoms with Crippen molar-refractivity contribution in [2.24, 2.45) is 5.73 Å². The van der Waals surface area contributed by atoms with Crippen LogP contribution in [0.2, 0.25) is 5.02 Å². The third kappa shape index (κ3) is 2.96. The van der Waals surface area contributed by atoms with E-state index in [-0.39, 0.29) is 16.7 Å². The molecular formula is C14H11BrClF2N. The van der Waals surface area contributed by atoms with Gasteiger partial charge >= 0.3 is 0 Å². The summed E-state index contributed by atoms with van der Waals surface area (Å²) in [6.45, 7) is 1.64. The van der Waals surface area contributed by atoms with Gasteiger partial charge in [0.25, 0.3) is 0 Å². The van der Waals surface area contributed by atoms with Crippen molar-refractivity contribution in [3.8, 4) is 0 Å². The van der Waals surface area contributed by atoms with Crippen LogP contribution in [0, 0.1) is 18.6 Å². The van der Waals surface area contributed by atoms with E-state index in [0.717, 1.165) is 0 Å². The maximum absolute atomic E-state index is 13.4. The molecule has 2 rings (SSSR count). The largest absolute Gasteiger partial charge is 0.320 e. The van der Waals surface area contributed by atoms with E-state index >= 15 is 0 Å². The lowest BCUT2D eigenvalue weighted by Crippen LogP contribution is -2.13. The molecule has 0 heterocycles. The fraction of sp³-hybridized carbons (Fsp3) is 0.143. The van der Waals surface area contributed by atoms with Crippen molar-refractivity contribution in [3.63, 3.8) is 0 Å². The summed E-state index contributed by atoms with van der Waals surface area (Å²) in [7, 11) is 0. The van der Waals surface area contributed by atoms with Crippen LogP contribution in [-0.2, 0) is 0 Å². The first-order chi connectivity index (χ1) is 8.90. The Bertz CT molecular complexity index is 631. The number of benzene rings is 2. The van der Waals surface area contributed by atoms with Gasteiger partial charge in [0.2, 0.25) is 0 Å². The van der Waals surface area contributed by atoms with E-state index in [2.05, 4.69) is 15.9 Å². The van der Waals surface area contributed by atoms with E-state index in [4.69, 9.17) is 17.3 Å². The molecule has 1 unspecified atom stereocenters. The van der Waals surface area contributed by atoms with Crippen molar-refractivity contribution in [3.05, 3.63) is 68.2 Å². The molecule has 0 saturated carbocycles. The van der Waals surface area contributed by atoms with Crippen LogP contribution in [0.15, 0.2) is 34.8 Å². The second-order valence-corrected chi connectivity index (χ2v) is 5.53.